The number of ether oxygens (including phenoxy) is 1. The molecule has 7 heteroatoms. The van der Waals surface area contributed by atoms with Gasteiger partial charge in [0.15, 0.2) is 0 Å². The Morgan fingerprint density at radius 3 is 2.95 bits per heavy atom. The molecule has 0 aromatic carbocycles. The standard InChI is InChI=1S/C14H24N2O3S2/c1-4-13-9-16(5-6-19-13)21(17,18)14-7-12(10-20-14)8-15-11(2)3/h7,10-11,13,15H,4-6,8-9H2,1-3H3. The van der Waals surface area contributed by atoms with Crippen molar-refractivity contribution in [2.24, 2.45) is 0 Å². The largest absolute Gasteiger partial charge is 0.375 e. The van der Waals surface area contributed by atoms with Crippen LogP contribution in [0.25, 0.3) is 0 Å². The number of thiophene rings is 1. The Bertz CT molecular complexity index is 554. The van der Waals surface area contributed by atoms with E-state index in [0.29, 0.717) is 36.5 Å². The zero-order chi connectivity index (χ0) is 15.5. The van der Waals surface area contributed by atoms with E-state index in [4.69, 9.17) is 4.74 Å². The predicted octanol–water partition coefficient (Wildman–Crippen LogP) is 2.05. The van der Waals surface area contributed by atoms with Crippen LogP contribution in [0.2, 0.25) is 0 Å². The van der Waals surface area contributed by atoms with Gasteiger partial charge in [0.25, 0.3) is 10.0 Å². The molecule has 1 saturated heterocycles. The minimum absolute atomic E-state index is 0.00978. The van der Waals surface area contributed by atoms with Crippen molar-refractivity contribution >= 4 is 21.4 Å². The molecule has 1 fully saturated rings. The van der Waals surface area contributed by atoms with E-state index in [1.54, 1.807) is 10.4 Å². The maximum atomic E-state index is 12.7. The van der Waals surface area contributed by atoms with Gasteiger partial charge < -0.3 is 10.1 Å². The molecular weight excluding hydrogens is 308 g/mol. The van der Waals surface area contributed by atoms with Crippen molar-refractivity contribution in [1.82, 2.24) is 9.62 Å². The summed E-state index contributed by atoms with van der Waals surface area (Å²) in [6.07, 6.45) is 0.843. The van der Waals surface area contributed by atoms with E-state index in [0.717, 1.165) is 12.0 Å². The lowest BCUT2D eigenvalue weighted by Crippen LogP contribution is -2.45. The maximum Gasteiger partial charge on any atom is 0.252 e. The summed E-state index contributed by atoms with van der Waals surface area (Å²) >= 11 is 1.30. The first-order chi connectivity index (χ1) is 9.93. The van der Waals surface area contributed by atoms with Crippen LogP contribution in [-0.4, -0.2) is 44.6 Å². The minimum atomic E-state index is -3.38. The van der Waals surface area contributed by atoms with Gasteiger partial charge in [0, 0.05) is 25.7 Å². The van der Waals surface area contributed by atoms with Gasteiger partial charge in [-0.1, -0.05) is 20.8 Å². The molecule has 1 atom stereocenters. The van der Waals surface area contributed by atoms with E-state index in [9.17, 15) is 8.42 Å². The summed E-state index contributed by atoms with van der Waals surface area (Å²) in [5.41, 5.74) is 1.02. The van der Waals surface area contributed by atoms with E-state index in [-0.39, 0.29) is 6.10 Å². The molecule has 0 radical (unpaired) electrons. The highest BCUT2D eigenvalue weighted by Gasteiger charge is 2.31. The van der Waals surface area contributed by atoms with E-state index in [1.807, 2.05) is 12.3 Å². The molecule has 0 spiro atoms. The monoisotopic (exact) mass is 332 g/mol. The topological polar surface area (TPSA) is 58.6 Å². The zero-order valence-electron chi connectivity index (χ0n) is 12.8. The van der Waals surface area contributed by atoms with Crippen LogP contribution in [0.5, 0.6) is 0 Å². The van der Waals surface area contributed by atoms with Gasteiger partial charge in [0.05, 0.1) is 12.7 Å². The molecule has 21 heavy (non-hydrogen) atoms. The highest BCUT2D eigenvalue weighted by atomic mass is 32.2. The van der Waals surface area contributed by atoms with Gasteiger partial charge in [-0.2, -0.15) is 4.31 Å². The van der Waals surface area contributed by atoms with Crippen molar-refractivity contribution in [3.63, 3.8) is 0 Å². The third kappa shape index (κ3) is 4.26. The molecule has 1 aliphatic heterocycles. The van der Waals surface area contributed by atoms with E-state index in [1.165, 1.54) is 11.3 Å². The quantitative estimate of drug-likeness (QED) is 0.866. The lowest BCUT2D eigenvalue weighted by atomic mass is 10.2. The number of nitrogens with zero attached hydrogens (tertiary/aromatic N) is 1. The van der Waals surface area contributed by atoms with E-state index < -0.39 is 10.0 Å². The molecule has 0 amide bonds. The molecule has 5 nitrogen and oxygen atoms in total. The number of morpholine rings is 1. The Balaban J connectivity index is 2.08. The second kappa shape index (κ2) is 7.19. The Morgan fingerprint density at radius 2 is 2.29 bits per heavy atom. The summed E-state index contributed by atoms with van der Waals surface area (Å²) in [5, 5.41) is 5.22. The number of hydrogen-bond acceptors (Lipinski definition) is 5. The van der Waals surface area contributed by atoms with Gasteiger partial charge in [-0.25, -0.2) is 8.42 Å². The zero-order valence-corrected chi connectivity index (χ0v) is 14.5. The average molecular weight is 332 g/mol. The van der Waals surface area contributed by atoms with Gasteiger partial charge >= 0.3 is 0 Å². The van der Waals surface area contributed by atoms with Gasteiger partial charge in [-0.3, -0.25) is 0 Å². The first-order valence-electron chi connectivity index (χ1n) is 7.36. The van der Waals surface area contributed by atoms with Gasteiger partial charge in [0.2, 0.25) is 0 Å². The molecule has 1 N–H and O–H groups in total. The number of sulfonamides is 1. The van der Waals surface area contributed by atoms with Crippen molar-refractivity contribution < 1.29 is 13.2 Å². The van der Waals surface area contributed by atoms with Crippen LogP contribution in [-0.2, 0) is 21.3 Å². The third-order valence-corrected chi connectivity index (χ3v) is 6.82. The highest BCUT2D eigenvalue weighted by molar-refractivity contribution is 7.91. The molecule has 120 valence electrons. The molecule has 1 aromatic heterocycles. The van der Waals surface area contributed by atoms with Crippen LogP contribution in [0, 0.1) is 0 Å². The maximum absolute atomic E-state index is 12.7. The summed E-state index contributed by atoms with van der Waals surface area (Å²) in [4.78, 5) is 0. The summed E-state index contributed by atoms with van der Waals surface area (Å²) in [7, 11) is -3.38. The second-order valence-corrected chi connectivity index (χ2v) is 8.65. The van der Waals surface area contributed by atoms with Gasteiger partial charge in [-0.15, -0.1) is 11.3 Å². The molecule has 2 heterocycles. The lowest BCUT2D eigenvalue weighted by Gasteiger charge is -2.31. The first kappa shape index (κ1) is 16.9. The fourth-order valence-electron chi connectivity index (χ4n) is 2.19. The number of nitrogens with one attached hydrogen (secondary N) is 1. The fraction of sp³-hybridized carbons (Fsp3) is 0.714. The van der Waals surface area contributed by atoms with Crippen molar-refractivity contribution in [1.29, 1.82) is 0 Å². The normalized spacial score (nSPS) is 21.0. The van der Waals surface area contributed by atoms with Crippen LogP contribution in [0.1, 0.15) is 32.8 Å². The molecular formula is C14H24N2O3S2. The molecule has 1 aromatic rings. The van der Waals surface area contributed by atoms with Crippen molar-refractivity contribution in [3.05, 3.63) is 17.0 Å². The second-order valence-electron chi connectivity index (χ2n) is 5.57. The van der Waals surface area contributed by atoms with E-state index in [2.05, 4.69) is 19.2 Å². The SMILES string of the molecule is CCC1CN(S(=O)(=O)c2cc(CNC(C)C)cs2)CCO1. The van der Waals surface area contributed by atoms with Crippen LogP contribution in [0.15, 0.2) is 15.7 Å². The Morgan fingerprint density at radius 1 is 1.52 bits per heavy atom. The molecule has 0 saturated carbocycles. The van der Waals surface area contributed by atoms with Crippen molar-refractivity contribution in [3.8, 4) is 0 Å². The van der Waals surface area contributed by atoms with Crippen LogP contribution in [0.4, 0.5) is 0 Å². The molecule has 0 bridgehead atoms. The third-order valence-electron chi connectivity index (χ3n) is 3.50. The van der Waals surface area contributed by atoms with Crippen molar-refractivity contribution in [2.45, 2.75) is 50.1 Å². The van der Waals surface area contributed by atoms with Crippen LogP contribution < -0.4 is 5.32 Å². The predicted molar refractivity (Wildman–Crippen MR) is 85.1 cm³/mol. The van der Waals surface area contributed by atoms with Gasteiger partial charge in [-0.05, 0) is 23.4 Å². The lowest BCUT2D eigenvalue weighted by molar-refractivity contribution is -0.00272. The average Bonchev–Trinajstić information content (AvgIpc) is 2.95. The first-order valence-corrected chi connectivity index (χ1v) is 9.68. The number of rotatable bonds is 6. The molecule has 1 aliphatic rings. The van der Waals surface area contributed by atoms with Crippen molar-refractivity contribution in [2.75, 3.05) is 19.7 Å². The Hall–Kier alpha value is -0.470. The molecule has 0 aliphatic carbocycles. The Kier molecular flexibility index (Phi) is 5.79. The van der Waals surface area contributed by atoms with Gasteiger partial charge in [0.1, 0.15) is 4.21 Å². The fourth-order valence-corrected chi connectivity index (χ4v) is 5.01. The summed E-state index contributed by atoms with van der Waals surface area (Å²) < 4.78 is 32.8. The summed E-state index contributed by atoms with van der Waals surface area (Å²) in [6, 6.07) is 2.17. The highest BCUT2D eigenvalue weighted by Crippen LogP contribution is 2.25. The number of hydrogen-bond donors (Lipinski definition) is 1. The van der Waals surface area contributed by atoms with E-state index >= 15 is 0 Å². The summed E-state index contributed by atoms with van der Waals surface area (Å²) in [5.74, 6) is 0. The van der Waals surface area contributed by atoms with Crippen LogP contribution in [0.3, 0.4) is 0 Å². The smallest absolute Gasteiger partial charge is 0.252 e. The molecule has 2 rings (SSSR count). The Labute approximate surface area is 131 Å². The molecule has 1 unspecified atom stereocenters. The summed E-state index contributed by atoms with van der Waals surface area (Å²) in [6.45, 7) is 8.23. The van der Waals surface area contributed by atoms with Crippen LogP contribution >= 0.6 is 11.3 Å². The minimum Gasteiger partial charge on any atom is -0.375 e.